The summed E-state index contributed by atoms with van der Waals surface area (Å²) in [6, 6.07) is 3.06. The Kier molecular flexibility index (Phi) is 1.86. The van der Waals surface area contributed by atoms with Crippen LogP contribution in [0.3, 0.4) is 0 Å². The maximum Gasteiger partial charge on any atom is 0.295 e. The molecule has 0 aliphatic carbocycles. The third-order valence-corrected chi connectivity index (χ3v) is 1.85. The van der Waals surface area contributed by atoms with Crippen LogP contribution in [0.4, 0.5) is 10.4 Å². The summed E-state index contributed by atoms with van der Waals surface area (Å²) in [5.74, 6) is 1.76. The van der Waals surface area contributed by atoms with Crippen LogP contribution >= 0.6 is 0 Å². The number of terminal acetylenes is 1. The third-order valence-electron chi connectivity index (χ3n) is 1.85. The van der Waals surface area contributed by atoms with E-state index in [0.29, 0.717) is 17.1 Å². The Morgan fingerprint density at radius 2 is 2.36 bits per heavy atom. The molecule has 0 radical (unpaired) electrons. The fourth-order valence-corrected chi connectivity index (χ4v) is 1.17. The number of hydrogen-bond donors (Lipinski definition) is 1. The molecule has 1 aromatic carbocycles. The van der Waals surface area contributed by atoms with Gasteiger partial charge in [0.05, 0.1) is 5.56 Å². The second-order valence-corrected chi connectivity index (χ2v) is 2.71. The van der Waals surface area contributed by atoms with Gasteiger partial charge in [-0.25, -0.2) is 4.39 Å². The number of halogens is 1. The van der Waals surface area contributed by atoms with Crippen LogP contribution in [0.25, 0.3) is 11.1 Å². The van der Waals surface area contributed by atoms with E-state index in [9.17, 15) is 4.39 Å². The lowest BCUT2D eigenvalue weighted by molar-refractivity contribution is 0.601. The zero-order chi connectivity index (χ0) is 10.1. The molecule has 14 heavy (non-hydrogen) atoms. The zero-order valence-corrected chi connectivity index (χ0v) is 7.47. The van der Waals surface area contributed by atoms with Crippen LogP contribution in [-0.2, 0) is 0 Å². The molecule has 1 N–H and O–H groups in total. The summed E-state index contributed by atoms with van der Waals surface area (Å²) in [5.41, 5.74) is 1.11. The number of nitrogens with one attached hydrogen (secondary N) is 1. The number of benzene rings is 1. The third kappa shape index (κ3) is 1.19. The van der Waals surface area contributed by atoms with Crippen molar-refractivity contribution in [3.05, 3.63) is 23.5 Å². The van der Waals surface area contributed by atoms with Gasteiger partial charge in [-0.3, -0.25) is 0 Å². The number of nitrogens with zero attached hydrogens (tertiary/aromatic N) is 1. The molecule has 0 saturated carbocycles. The first-order valence-electron chi connectivity index (χ1n) is 3.99. The van der Waals surface area contributed by atoms with Crippen molar-refractivity contribution < 1.29 is 8.81 Å². The molecule has 0 unspecified atom stereocenters. The van der Waals surface area contributed by atoms with Gasteiger partial charge in [-0.15, -0.1) is 6.42 Å². The lowest BCUT2D eigenvalue weighted by atomic mass is 10.2. The molecule has 1 heterocycles. The van der Waals surface area contributed by atoms with Gasteiger partial charge in [0.25, 0.3) is 6.01 Å². The van der Waals surface area contributed by atoms with Crippen LogP contribution < -0.4 is 5.32 Å². The number of oxazole rings is 1. The summed E-state index contributed by atoms with van der Waals surface area (Å²) in [6.07, 6.45) is 5.12. The van der Waals surface area contributed by atoms with E-state index < -0.39 is 5.82 Å². The molecule has 0 bridgehead atoms. The first kappa shape index (κ1) is 8.57. The second-order valence-electron chi connectivity index (χ2n) is 2.71. The van der Waals surface area contributed by atoms with E-state index in [1.165, 1.54) is 12.1 Å². The van der Waals surface area contributed by atoms with Crippen molar-refractivity contribution in [2.24, 2.45) is 0 Å². The molecule has 0 fully saturated rings. The summed E-state index contributed by atoms with van der Waals surface area (Å²) in [5, 5.41) is 2.72. The predicted molar refractivity (Wildman–Crippen MR) is 51.4 cm³/mol. The minimum absolute atomic E-state index is 0.188. The highest BCUT2D eigenvalue weighted by atomic mass is 19.1. The van der Waals surface area contributed by atoms with Gasteiger partial charge < -0.3 is 9.73 Å². The fourth-order valence-electron chi connectivity index (χ4n) is 1.17. The molecule has 0 atom stereocenters. The minimum atomic E-state index is -0.473. The highest BCUT2D eigenvalue weighted by molar-refractivity contribution is 5.76. The molecule has 3 nitrogen and oxygen atoms in total. The molecule has 0 saturated heterocycles. The van der Waals surface area contributed by atoms with Crippen LogP contribution in [-0.4, -0.2) is 12.0 Å². The Morgan fingerprint density at radius 1 is 1.57 bits per heavy atom. The lowest BCUT2D eigenvalue weighted by Crippen LogP contribution is -1.85. The average molecular weight is 190 g/mol. The first-order valence-corrected chi connectivity index (χ1v) is 3.99. The van der Waals surface area contributed by atoms with Gasteiger partial charge in [0, 0.05) is 13.1 Å². The molecule has 0 amide bonds. The van der Waals surface area contributed by atoms with Crippen LogP contribution in [0.1, 0.15) is 5.56 Å². The minimum Gasteiger partial charge on any atom is -0.423 e. The smallest absolute Gasteiger partial charge is 0.295 e. The normalized spacial score (nSPS) is 10.1. The Morgan fingerprint density at radius 3 is 3.00 bits per heavy atom. The molecule has 2 rings (SSSR count). The van der Waals surface area contributed by atoms with Crippen LogP contribution in [0.15, 0.2) is 16.5 Å². The average Bonchev–Trinajstić information content (AvgIpc) is 2.58. The zero-order valence-electron chi connectivity index (χ0n) is 7.47. The molecule has 70 valence electrons. The quantitative estimate of drug-likeness (QED) is 0.699. The van der Waals surface area contributed by atoms with Gasteiger partial charge in [-0.2, -0.15) is 4.98 Å². The summed E-state index contributed by atoms with van der Waals surface area (Å²) < 4.78 is 18.3. The van der Waals surface area contributed by atoms with E-state index in [1.54, 1.807) is 7.05 Å². The van der Waals surface area contributed by atoms with Crippen molar-refractivity contribution in [2.75, 3.05) is 12.4 Å². The molecular weight excluding hydrogens is 183 g/mol. The Labute approximate surface area is 79.9 Å². The van der Waals surface area contributed by atoms with Crippen molar-refractivity contribution in [2.45, 2.75) is 0 Å². The largest absolute Gasteiger partial charge is 0.423 e. The highest BCUT2D eigenvalue weighted by Crippen LogP contribution is 2.21. The molecule has 0 spiro atoms. The maximum atomic E-state index is 13.2. The number of hydrogen-bond acceptors (Lipinski definition) is 3. The molecule has 1 aromatic heterocycles. The molecule has 0 aliphatic heterocycles. The van der Waals surface area contributed by atoms with E-state index in [4.69, 9.17) is 10.8 Å². The van der Waals surface area contributed by atoms with Gasteiger partial charge >= 0.3 is 0 Å². The topological polar surface area (TPSA) is 38.1 Å². The van der Waals surface area contributed by atoms with Crippen molar-refractivity contribution in [1.29, 1.82) is 0 Å². The SMILES string of the molecule is C#Cc1cc2nc(NC)oc2cc1F. The van der Waals surface area contributed by atoms with Gasteiger partial charge in [-0.05, 0) is 6.07 Å². The predicted octanol–water partition coefficient (Wildman–Crippen LogP) is 1.99. The van der Waals surface area contributed by atoms with E-state index in [2.05, 4.69) is 16.2 Å². The molecule has 4 heteroatoms. The van der Waals surface area contributed by atoms with Crippen LogP contribution in [0, 0.1) is 18.2 Å². The monoisotopic (exact) mass is 190 g/mol. The highest BCUT2D eigenvalue weighted by Gasteiger charge is 2.08. The van der Waals surface area contributed by atoms with Crippen molar-refractivity contribution in [3.8, 4) is 12.3 Å². The maximum absolute atomic E-state index is 13.2. The number of rotatable bonds is 1. The van der Waals surface area contributed by atoms with Gasteiger partial charge in [0.2, 0.25) is 0 Å². The van der Waals surface area contributed by atoms with E-state index >= 15 is 0 Å². The summed E-state index contributed by atoms with van der Waals surface area (Å²) in [4.78, 5) is 4.04. The summed E-state index contributed by atoms with van der Waals surface area (Å²) in [6.45, 7) is 0. The fraction of sp³-hybridized carbons (Fsp3) is 0.100. The van der Waals surface area contributed by atoms with Gasteiger partial charge in [0.15, 0.2) is 5.58 Å². The number of fused-ring (bicyclic) bond motifs is 1. The summed E-state index contributed by atoms with van der Waals surface area (Å²) in [7, 11) is 1.67. The van der Waals surface area contributed by atoms with Gasteiger partial charge in [-0.1, -0.05) is 5.92 Å². The second kappa shape index (κ2) is 3.04. The number of aromatic nitrogens is 1. The molecular formula is C10H7FN2O. The van der Waals surface area contributed by atoms with E-state index in [-0.39, 0.29) is 5.56 Å². The molecule has 0 aliphatic rings. The number of anilines is 1. The van der Waals surface area contributed by atoms with Crippen LogP contribution in [0.5, 0.6) is 0 Å². The van der Waals surface area contributed by atoms with Crippen LogP contribution in [0.2, 0.25) is 0 Å². The van der Waals surface area contributed by atoms with Crippen molar-refractivity contribution >= 4 is 17.1 Å². The van der Waals surface area contributed by atoms with E-state index in [0.717, 1.165) is 0 Å². The van der Waals surface area contributed by atoms with E-state index in [1.807, 2.05) is 0 Å². The Balaban J connectivity index is 2.71. The first-order chi connectivity index (χ1) is 6.74. The summed E-state index contributed by atoms with van der Waals surface area (Å²) >= 11 is 0. The Hall–Kier alpha value is -2.02. The van der Waals surface area contributed by atoms with Gasteiger partial charge in [0.1, 0.15) is 11.3 Å². The van der Waals surface area contributed by atoms with Crippen molar-refractivity contribution in [3.63, 3.8) is 0 Å². The Bertz CT molecular complexity index is 525. The standard InChI is InChI=1S/C10H7FN2O/c1-3-6-4-8-9(5-7(6)11)14-10(12-2)13-8/h1,4-5H,2H3,(H,12,13). The molecule has 2 aromatic rings. The van der Waals surface area contributed by atoms with Crippen molar-refractivity contribution in [1.82, 2.24) is 4.98 Å². The lowest BCUT2D eigenvalue weighted by Gasteiger charge is -1.91.